The fourth-order valence-corrected chi connectivity index (χ4v) is 4.63. The van der Waals surface area contributed by atoms with E-state index in [1.807, 2.05) is 62.3 Å². The molecule has 0 radical (unpaired) electrons. The van der Waals surface area contributed by atoms with Gasteiger partial charge in [0.2, 0.25) is 11.8 Å². The van der Waals surface area contributed by atoms with Crippen LogP contribution in [0.5, 0.6) is 0 Å². The molecule has 38 heavy (non-hydrogen) atoms. The van der Waals surface area contributed by atoms with E-state index in [-0.39, 0.29) is 42.6 Å². The second-order valence-corrected chi connectivity index (χ2v) is 12.0. The zero-order valence-corrected chi connectivity index (χ0v) is 26.1. The van der Waals surface area contributed by atoms with E-state index in [2.05, 4.69) is 5.32 Å². The van der Waals surface area contributed by atoms with Crippen molar-refractivity contribution in [3.05, 3.63) is 11.6 Å². The maximum absolute atomic E-state index is 13.9. The summed E-state index contributed by atoms with van der Waals surface area (Å²) < 4.78 is 5.11. The first-order valence-electron chi connectivity index (χ1n) is 14.2. The van der Waals surface area contributed by atoms with Gasteiger partial charge >= 0.3 is 5.97 Å². The molecule has 0 saturated heterocycles. The van der Waals surface area contributed by atoms with Crippen molar-refractivity contribution in [3.8, 4) is 0 Å². The van der Waals surface area contributed by atoms with Crippen LogP contribution in [0.2, 0.25) is 0 Å². The normalized spacial score (nSPS) is 14.6. The number of Topliss-reactive ketones (excluding diaryl/α,β-unsaturated/α-hetero) is 1. The molecule has 0 rings (SSSR count). The van der Waals surface area contributed by atoms with Crippen molar-refractivity contribution in [2.45, 2.75) is 126 Å². The molecule has 0 aromatic heterocycles. The molecular weight excluding hydrogens is 482 g/mol. The van der Waals surface area contributed by atoms with Crippen LogP contribution in [0.4, 0.5) is 0 Å². The monoisotopic (exact) mass is 537 g/mol. The standard InChI is InChI=1S/C30H55N3O5/c1-13-29(14-2,19-23(34)30(31,15-3)16-4)27(37)32-24(28(9,10)11)25(35)33(12)22(20(6)7)18-21(8)26(36)38-17-5/h18,20,22,24H,13-17,19,31H2,1-12H3,(H,32,37)/b21-18+/t22-,24-/m1/s1. The summed E-state index contributed by atoms with van der Waals surface area (Å²) in [4.78, 5) is 54.8. The molecule has 0 aliphatic rings. The fourth-order valence-electron chi connectivity index (χ4n) is 4.63. The maximum Gasteiger partial charge on any atom is 0.333 e. The average molecular weight is 538 g/mol. The summed E-state index contributed by atoms with van der Waals surface area (Å²) in [5.41, 5.74) is 4.26. The van der Waals surface area contributed by atoms with Crippen molar-refractivity contribution in [2.24, 2.45) is 22.5 Å². The van der Waals surface area contributed by atoms with E-state index in [0.717, 1.165) is 0 Å². The first kappa shape index (κ1) is 35.8. The molecule has 8 heteroatoms. The Hall–Kier alpha value is -2.22. The summed E-state index contributed by atoms with van der Waals surface area (Å²) >= 11 is 0. The Bertz CT molecular complexity index is 848. The molecule has 0 aromatic carbocycles. The molecule has 0 fully saturated rings. The molecule has 0 aromatic rings. The molecule has 2 atom stereocenters. The first-order valence-corrected chi connectivity index (χ1v) is 14.2. The van der Waals surface area contributed by atoms with Gasteiger partial charge in [-0.3, -0.25) is 14.4 Å². The summed E-state index contributed by atoms with van der Waals surface area (Å²) in [5.74, 6) is -1.12. The zero-order chi connectivity index (χ0) is 30.1. The number of carbonyl (C=O) groups excluding carboxylic acids is 4. The quantitative estimate of drug-likeness (QED) is 0.229. The van der Waals surface area contributed by atoms with E-state index < -0.39 is 28.4 Å². The minimum Gasteiger partial charge on any atom is -0.463 e. The van der Waals surface area contributed by atoms with Gasteiger partial charge in [-0.25, -0.2) is 4.79 Å². The Labute approximate surface area is 231 Å². The van der Waals surface area contributed by atoms with Crippen molar-refractivity contribution in [1.29, 1.82) is 0 Å². The summed E-state index contributed by atoms with van der Waals surface area (Å²) in [5, 5.41) is 3.03. The molecule has 0 aliphatic heterocycles. The Morgan fingerprint density at radius 1 is 0.947 bits per heavy atom. The minimum atomic E-state index is -0.969. The largest absolute Gasteiger partial charge is 0.463 e. The van der Waals surface area contributed by atoms with Gasteiger partial charge in [0.15, 0.2) is 5.78 Å². The smallest absolute Gasteiger partial charge is 0.333 e. The zero-order valence-electron chi connectivity index (χ0n) is 26.1. The third-order valence-corrected chi connectivity index (χ3v) is 8.04. The molecule has 220 valence electrons. The Morgan fingerprint density at radius 2 is 1.45 bits per heavy atom. The number of carbonyl (C=O) groups is 4. The van der Waals surface area contributed by atoms with Crippen LogP contribution in [0.15, 0.2) is 11.6 Å². The van der Waals surface area contributed by atoms with E-state index in [0.29, 0.717) is 31.3 Å². The highest BCUT2D eigenvalue weighted by Crippen LogP contribution is 2.35. The van der Waals surface area contributed by atoms with Crippen LogP contribution in [0, 0.1) is 16.7 Å². The van der Waals surface area contributed by atoms with Crippen LogP contribution >= 0.6 is 0 Å². The lowest BCUT2D eigenvalue weighted by Gasteiger charge is -2.40. The van der Waals surface area contributed by atoms with Crippen LogP contribution in [-0.4, -0.2) is 59.7 Å². The van der Waals surface area contributed by atoms with Gasteiger partial charge < -0.3 is 20.7 Å². The highest BCUT2D eigenvalue weighted by Gasteiger charge is 2.45. The number of nitrogens with one attached hydrogen (secondary N) is 1. The van der Waals surface area contributed by atoms with Gasteiger partial charge in [-0.2, -0.15) is 0 Å². The molecule has 8 nitrogen and oxygen atoms in total. The fraction of sp³-hybridized carbons (Fsp3) is 0.800. The van der Waals surface area contributed by atoms with Crippen molar-refractivity contribution in [1.82, 2.24) is 10.2 Å². The van der Waals surface area contributed by atoms with Gasteiger partial charge in [-0.1, -0.05) is 68.4 Å². The van der Waals surface area contributed by atoms with E-state index in [9.17, 15) is 19.2 Å². The number of hydrogen-bond acceptors (Lipinski definition) is 6. The predicted octanol–water partition coefficient (Wildman–Crippen LogP) is 4.79. The maximum atomic E-state index is 13.9. The van der Waals surface area contributed by atoms with Crippen molar-refractivity contribution in [3.63, 3.8) is 0 Å². The number of likely N-dealkylation sites (N-methyl/N-ethyl adjacent to an activating group) is 1. The van der Waals surface area contributed by atoms with E-state index in [4.69, 9.17) is 10.5 Å². The van der Waals surface area contributed by atoms with Gasteiger partial charge in [-0.15, -0.1) is 0 Å². The highest BCUT2D eigenvalue weighted by atomic mass is 16.5. The van der Waals surface area contributed by atoms with Crippen molar-refractivity contribution in [2.75, 3.05) is 13.7 Å². The number of esters is 1. The second kappa shape index (κ2) is 14.8. The molecule has 2 amide bonds. The highest BCUT2D eigenvalue weighted by molar-refractivity contribution is 5.96. The topological polar surface area (TPSA) is 119 Å². The Balaban J connectivity index is 6.28. The summed E-state index contributed by atoms with van der Waals surface area (Å²) in [6, 6.07) is -1.23. The van der Waals surface area contributed by atoms with Crippen molar-refractivity contribution < 1.29 is 23.9 Å². The molecule has 0 saturated carbocycles. The molecule has 3 N–H and O–H groups in total. The molecular formula is C30H55N3O5. The molecule has 0 bridgehead atoms. The summed E-state index contributed by atoms with van der Waals surface area (Å²) in [7, 11) is 1.69. The second-order valence-electron chi connectivity index (χ2n) is 12.0. The average Bonchev–Trinajstić information content (AvgIpc) is 2.86. The number of nitrogens with zero attached hydrogens (tertiary/aromatic N) is 1. The Kier molecular flexibility index (Phi) is 13.9. The predicted molar refractivity (Wildman–Crippen MR) is 153 cm³/mol. The molecule has 0 aliphatic carbocycles. The lowest BCUT2D eigenvalue weighted by Crippen LogP contribution is -2.59. The summed E-state index contributed by atoms with van der Waals surface area (Å²) in [6.07, 6.45) is 3.66. The van der Waals surface area contributed by atoms with Crippen LogP contribution < -0.4 is 11.1 Å². The number of ketones is 1. The molecule has 0 heterocycles. The van der Waals surface area contributed by atoms with Crippen LogP contribution in [0.3, 0.4) is 0 Å². The van der Waals surface area contributed by atoms with E-state index in [1.165, 1.54) is 0 Å². The minimum absolute atomic E-state index is 0.00778. The summed E-state index contributed by atoms with van der Waals surface area (Å²) in [6.45, 7) is 20.9. The number of nitrogens with two attached hydrogens (primary N) is 1. The lowest BCUT2D eigenvalue weighted by molar-refractivity contribution is -0.145. The molecule has 0 unspecified atom stereocenters. The van der Waals surface area contributed by atoms with Gasteiger partial charge in [-0.05, 0) is 50.9 Å². The van der Waals surface area contributed by atoms with Gasteiger partial charge in [0, 0.05) is 19.0 Å². The van der Waals surface area contributed by atoms with Crippen LogP contribution in [0.1, 0.15) is 108 Å². The van der Waals surface area contributed by atoms with Gasteiger partial charge in [0.25, 0.3) is 0 Å². The SMILES string of the molecule is CCOC(=O)/C(C)=C/[C@H](C(C)C)N(C)C(=O)[C@@H](NC(=O)C(CC)(CC)CC(=O)C(N)(CC)CC)C(C)(C)C. The van der Waals surface area contributed by atoms with Gasteiger partial charge in [0.1, 0.15) is 6.04 Å². The van der Waals surface area contributed by atoms with E-state index in [1.54, 1.807) is 31.9 Å². The third kappa shape index (κ3) is 8.92. The number of rotatable bonds is 15. The van der Waals surface area contributed by atoms with E-state index >= 15 is 0 Å². The lowest BCUT2D eigenvalue weighted by atomic mass is 9.72. The first-order chi connectivity index (χ1) is 17.4. The Morgan fingerprint density at radius 3 is 1.82 bits per heavy atom. The molecule has 0 spiro atoms. The van der Waals surface area contributed by atoms with Crippen LogP contribution in [-0.2, 0) is 23.9 Å². The van der Waals surface area contributed by atoms with Crippen molar-refractivity contribution >= 4 is 23.6 Å². The number of amides is 2. The van der Waals surface area contributed by atoms with Crippen LogP contribution in [0.25, 0.3) is 0 Å². The van der Waals surface area contributed by atoms with Gasteiger partial charge in [0.05, 0.1) is 23.6 Å². The third-order valence-electron chi connectivity index (χ3n) is 8.04. The number of ether oxygens (including phenoxy) is 1. The number of hydrogen-bond donors (Lipinski definition) is 2.